The maximum absolute atomic E-state index is 4.71. The Morgan fingerprint density at radius 3 is 2.53 bits per heavy atom. The molecule has 3 nitrogen and oxygen atoms in total. The third-order valence-electron chi connectivity index (χ3n) is 3.97. The first kappa shape index (κ1) is 11.5. The second-order valence-electron chi connectivity index (χ2n) is 5.28. The number of hydrogen-bond donors (Lipinski definition) is 0. The molecule has 2 aliphatic heterocycles. The second kappa shape index (κ2) is 4.23. The number of fused-ring (bicyclic) bond motifs is 2. The van der Waals surface area contributed by atoms with Gasteiger partial charge >= 0.3 is 0 Å². The molecule has 3 heterocycles. The first-order chi connectivity index (χ1) is 8.15. The summed E-state index contributed by atoms with van der Waals surface area (Å²) in [5.74, 6) is 1.12. The number of aryl methyl sites for hydroxylation is 2. The van der Waals surface area contributed by atoms with Gasteiger partial charge in [-0.1, -0.05) is 15.9 Å². The van der Waals surface area contributed by atoms with Crippen LogP contribution in [0, 0.1) is 13.8 Å². The molecule has 2 fully saturated rings. The summed E-state index contributed by atoms with van der Waals surface area (Å²) in [6.07, 6.45) is 6.96. The zero-order valence-corrected chi connectivity index (χ0v) is 11.9. The average molecular weight is 296 g/mol. The number of piperidine rings is 1. The molecule has 1 aromatic rings. The van der Waals surface area contributed by atoms with Gasteiger partial charge in [0.05, 0.1) is 11.4 Å². The van der Waals surface area contributed by atoms with E-state index in [0.717, 1.165) is 17.2 Å². The highest BCUT2D eigenvalue weighted by Crippen LogP contribution is 2.41. The molecule has 2 bridgehead atoms. The van der Waals surface area contributed by atoms with Crippen molar-refractivity contribution < 1.29 is 0 Å². The van der Waals surface area contributed by atoms with Crippen LogP contribution in [-0.2, 0) is 0 Å². The number of nitrogens with zero attached hydrogens (tertiary/aromatic N) is 3. The van der Waals surface area contributed by atoms with Crippen LogP contribution in [-0.4, -0.2) is 26.9 Å². The maximum Gasteiger partial charge on any atom is 0.150 e. The number of halogens is 1. The van der Waals surface area contributed by atoms with Crippen molar-refractivity contribution in [3.63, 3.8) is 0 Å². The summed E-state index contributed by atoms with van der Waals surface area (Å²) in [6, 6.07) is 1.32. The van der Waals surface area contributed by atoms with Crippen molar-refractivity contribution in [2.24, 2.45) is 0 Å². The number of rotatable bonds is 1. The number of alkyl halides is 1. The third-order valence-corrected chi connectivity index (χ3v) is 4.72. The van der Waals surface area contributed by atoms with Crippen molar-refractivity contribution in [1.29, 1.82) is 0 Å². The highest BCUT2D eigenvalue weighted by molar-refractivity contribution is 9.09. The predicted molar refractivity (Wildman–Crippen MR) is 72.7 cm³/mol. The molecule has 2 saturated heterocycles. The third kappa shape index (κ3) is 1.96. The van der Waals surface area contributed by atoms with Crippen LogP contribution < -0.4 is 4.90 Å². The summed E-state index contributed by atoms with van der Waals surface area (Å²) in [5.41, 5.74) is 2.09. The number of hydrogen-bond acceptors (Lipinski definition) is 3. The quantitative estimate of drug-likeness (QED) is 0.746. The Morgan fingerprint density at radius 2 is 1.88 bits per heavy atom. The van der Waals surface area contributed by atoms with Gasteiger partial charge in [-0.2, -0.15) is 0 Å². The minimum absolute atomic E-state index is 0.660. The zero-order valence-electron chi connectivity index (χ0n) is 10.4. The molecule has 0 amide bonds. The van der Waals surface area contributed by atoms with Gasteiger partial charge in [-0.3, -0.25) is 4.98 Å². The first-order valence-electron chi connectivity index (χ1n) is 6.38. The Kier molecular flexibility index (Phi) is 2.85. The molecule has 0 radical (unpaired) electrons. The Hall–Kier alpha value is -0.640. The molecule has 2 atom stereocenters. The van der Waals surface area contributed by atoms with E-state index in [2.05, 4.69) is 32.7 Å². The lowest BCUT2D eigenvalue weighted by atomic mass is 10.0. The molecule has 0 saturated carbocycles. The molecule has 0 aliphatic carbocycles. The predicted octanol–water partition coefficient (Wildman–Crippen LogP) is 2.99. The summed E-state index contributed by atoms with van der Waals surface area (Å²) in [6.45, 7) is 4.09. The summed E-state index contributed by atoms with van der Waals surface area (Å²) >= 11 is 3.78. The zero-order chi connectivity index (χ0) is 12.0. The van der Waals surface area contributed by atoms with Crippen LogP contribution in [0.3, 0.4) is 0 Å². The smallest absolute Gasteiger partial charge is 0.150 e. The van der Waals surface area contributed by atoms with E-state index in [1.165, 1.54) is 25.7 Å². The van der Waals surface area contributed by atoms with Crippen LogP contribution in [0.5, 0.6) is 0 Å². The van der Waals surface area contributed by atoms with Gasteiger partial charge in [-0.25, -0.2) is 4.98 Å². The molecule has 1 aromatic heterocycles. The largest absolute Gasteiger partial charge is 0.349 e. The number of anilines is 1. The fraction of sp³-hybridized carbons (Fsp3) is 0.692. The molecule has 0 N–H and O–H groups in total. The van der Waals surface area contributed by atoms with Gasteiger partial charge in [0, 0.05) is 23.1 Å². The van der Waals surface area contributed by atoms with Gasteiger partial charge in [0.2, 0.25) is 0 Å². The SMILES string of the molecule is Cc1cnc(C)c(N2C3CCC2CC(Br)C3)n1. The molecule has 2 aliphatic rings. The lowest BCUT2D eigenvalue weighted by molar-refractivity contribution is 0.477. The minimum atomic E-state index is 0.660. The van der Waals surface area contributed by atoms with Crippen LogP contribution in [0.15, 0.2) is 6.20 Å². The van der Waals surface area contributed by atoms with Crippen LogP contribution >= 0.6 is 15.9 Å². The second-order valence-corrected chi connectivity index (χ2v) is 6.58. The number of aromatic nitrogens is 2. The highest BCUT2D eigenvalue weighted by atomic mass is 79.9. The highest BCUT2D eigenvalue weighted by Gasteiger charge is 2.41. The summed E-state index contributed by atoms with van der Waals surface area (Å²) in [7, 11) is 0. The summed E-state index contributed by atoms with van der Waals surface area (Å²) < 4.78 is 0. The summed E-state index contributed by atoms with van der Waals surface area (Å²) in [5, 5.41) is 0. The van der Waals surface area contributed by atoms with Crippen molar-refractivity contribution >= 4 is 21.7 Å². The van der Waals surface area contributed by atoms with E-state index in [9.17, 15) is 0 Å². The molecule has 92 valence electrons. The van der Waals surface area contributed by atoms with Gasteiger partial charge < -0.3 is 4.90 Å². The van der Waals surface area contributed by atoms with Gasteiger partial charge in [0.15, 0.2) is 5.82 Å². The van der Waals surface area contributed by atoms with E-state index < -0.39 is 0 Å². The monoisotopic (exact) mass is 295 g/mol. The summed E-state index contributed by atoms with van der Waals surface area (Å²) in [4.78, 5) is 12.4. The van der Waals surface area contributed by atoms with Crippen molar-refractivity contribution in [2.45, 2.75) is 56.4 Å². The normalized spacial score (nSPS) is 31.9. The molecular formula is C13H18BrN3. The Balaban J connectivity index is 1.97. The van der Waals surface area contributed by atoms with Crippen LogP contribution in [0.2, 0.25) is 0 Å². The van der Waals surface area contributed by atoms with E-state index in [1.54, 1.807) is 0 Å². The van der Waals surface area contributed by atoms with E-state index in [4.69, 9.17) is 4.98 Å². The Bertz CT molecular complexity index is 421. The van der Waals surface area contributed by atoms with Gasteiger partial charge in [0.1, 0.15) is 0 Å². The molecular weight excluding hydrogens is 278 g/mol. The van der Waals surface area contributed by atoms with Gasteiger partial charge in [-0.15, -0.1) is 0 Å². The fourth-order valence-electron chi connectivity index (χ4n) is 3.23. The van der Waals surface area contributed by atoms with Crippen molar-refractivity contribution in [3.8, 4) is 0 Å². The average Bonchev–Trinajstić information content (AvgIpc) is 2.54. The Labute approximate surface area is 111 Å². The molecule has 3 rings (SSSR count). The van der Waals surface area contributed by atoms with Crippen LogP contribution in [0.1, 0.15) is 37.1 Å². The molecule has 4 heteroatoms. The van der Waals surface area contributed by atoms with Gasteiger partial charge in [0.25, 0.3) is 0 Å². The Morgan fingerprint density at radius 1 is 1.24 bits per heavy atom. The topological polar surface area (TPSA) is 29.0 Å². The van der Waals surface area contributed by atoms with Crippen molar-refractivity contribution in [3.05, 3.63) is 17.6 Å². The van der Waals surface area contributed by atoms with Crippen molar-refractivity contribution in [1.82, 2.24) is 9.97 Å². The minimum Gasteiger partial charge on any atom is -0.349 e. The lowest BCUT2D eigenvalue weighted by Crippen LogP contribution is -2.44. The van der Waals surface area contributed by atoms with Crippen molar-refractivity contribution in [2.75, 3.05) is 4.90 Å². The van der Waals surface area contributed by atoms with E-state index in [1.807, 2.05) is 13.1 Å². The molecule has 2 unspecified atom stereocenters. The van der Waals surface area contributed by atoms with E-state index in [-0.39, 0.29) is 0 Å². The maximum atomic E-state index is 4.71. The lowest BCUT2D eigenvalue weighted by Gasteiger charge is -2.38. The van der Waals surface area contributed by atoms with E-state index in [0.29, 0.717) is 16.9 Å². The van der Waals surface area contributed by atoms with E-state index >= 15 is 0 Å². The molecule has 0 spiro atoms. The fourth-order valence-corrected chi connectivity index (χ4v) is 4.09. The van der Waals surface area contributed by atoms with Gasteiger partial charge in [-0.05, 0) is 39.5 Å². The van der Waals surface area contributed by atoms with Crippen LogP contribution in [0.4, 0.5) is 5.82 Å². The first-order valence-corrected chi connectivity index (χ1v) is 7.29. The standard InChI is InChI=1S/C13H18BrN3/c1-8-7-15-9(2)13(16-8)17-11-3-4-12(17)6-10(14)5-11/h7,10-12H,3-6H2,1-2H3. The van der Waals surface area contributed by atoms with Crippen LogP contribution in [0.25, 0.3) is 0 Å². The molecule has 17 heavy (non-hydrogen) atoms. The molecule has 0 aromatic carbocycles.